The first kappa shape index (κ1) is 19.8. The smallest absolute Gasteiger partial charge is 0.220 e. The zero-order valence-electron chi connectivity index (χ0n) is 14.3. The van der Waals surface area contributed by atoms with E-state index in [4.69, 9.17) is 16.3 Å². The minimum Gasteiger partial charge on any atom is -0.492 e. The normalized spacial score (nSPS) is 10.6. The molecule has 0 bridgehead atoms. The quantitative estimate of drug-likeness (QED) is 0.469. The van der Waals surface area contributed by atoms with Crippen LogP contribution < -0.4 is 10.1 Å². The molecule has 0 saturated carbocycles. The molecular formula is C19H17BrClN3O2S. The Labute approximate surface area is 174 Å². The third kappa shape index (κ3) is 6.02. The average molecular weight is 467 g/mol. The van der Waals surface area contributed by atoms with Gasteiger partial charge >= 0.3 is 0 Å². The van der Waals surface area contributed by atoms with Crippen molar-refractivity contribution in [1.82, 2.24) is 15.3 Å². The summed E-state index contributed by atoms with van der Waals surface area (Å²) in [6.45, 7) is 0.839. The molecule has 2 aromatic heterocycles. The lowest BCUT2D eigenvalue weighted by atomic mass is 10.3. The van der Waals surface area contributed by atoms with Crippen LogP contribution in [0.25, 0.3) is 10.6 Å². The minimum atomic E-state index is -0.0311. The van der Waals surface area contributed by atoms with Crippen LogP contribution in [0.5, 0.6) is 5.75 Å². The first-order chi connectivity index (χ1) is 13.1. The van der Waals surface area contributed by atoms with E-state index in [1.807, 2.05) is 23.6 Å². The Kier molecular flexibility index (Phi) is 7.20. The number of benzene rings is 1. The van der Waals surface area contributed by atoms with Crippen molar-refractivity contribution in [1.29, 1.82) is 0 Å². The van der Waals surface area contributed by atoms with Gasteiger partial charge in [-0.3, -0.25) is 9.78 Å². The van der Waals surface area contributed by atoms with Crippen molar-refractivity contribution in [2.75, 3.05) is 6.61 Å². The number of thiazole rings is 1. The molecule has 3 aromatic rings. The van der Waals surface area contributed by atoms with Gasteiger partial charge in [0, 0.05) is 34.2 Å². The van der Waals surface area contributed by atoms with Crippen LogP contribution in [0.3, 0.4) is 0 Å². The summed E-state index contributed by atoms with van der Waals surface area (Å²) in [5, 5.41) is 6.27. The fraction of sp³-hybridized carbons (Fsp3) is 0.211. The van der Waals surface area contributed by atoms with Crippen LogP contribution in [-0.2, 0) is 11.3 Å². The predicted molar refractivity (Wildman–Crippen MR) is 111 cm³/mol. The molecule has 0 unspecified atom stereocenters. The summed E-state index contributed by atoms with van der Waals surface area (Å²) in [5.74, 6) is 0.585. The number of pyridine rings is 1. The van der Waals surface area contributed by atoms with Crippen molar-refractivity contribution in [2.45, 2.75) is 19.4 Å². The van der Waals surface area contributed by atoms with E-state index in [1.165, 1.54) is 11.3 Å². The molecule has 1 amide bonds. The van der Waals surface area contributed by atoms with E-state index in [2.05, 4.69) is 31.2 Å². The van der Waals surface area contributed by atoms with Crippen LogP contribution in [0.4, 0.5) is 0 Å². The zero-order chi connectivity index (χ0) is 19.1. The molecule has 5 nitrogen and oxygen atoms in total. The van der Waals surface area contributed by atoms with Gasteiger partial charge in [0.05, 0.1) is 23.9 Å². The van der Waals surface area contributed by atoms with Gasteiger partial charge in [0.25, 0.3) is 0 Å². The summed E-state index contributed by atoms with van der Waals surface area (Å²) in [5.41, 5.74) is 1.81. The van der Waals surface area contributed by atoms with Gasteiger partial charge in [0.1, 0.15) is 10.8 Å². The van der Waals surface area contributed by atoms with Gasteiger partial charge in [0.15, 0.2) is 0 Å². The largest absolute Gasteiger partial charge is 0.492 e. The first-order valence-corrected chi connectivity index (χ1v) is 10.4. The standard InChI is InChI=1S/C19H17BrClN3O2S/c20-14-5-6-17(16(21)9-14)26-8-2-4-18(25)23-11-15-12-27-19(24-15)13-3-1-7-22-10-13/h1,3,5-7,9-10,12H,2,4,8,11H2,(H,23,25). The molecule has 0 aliphatic carbocycles. The summed E-state index contributed by atoms with van der Waals surface area (Å²) >= 11 is 11.0. The fourth-order valence-corrected chi connectivity index (χ4v) is 3.83. The number of carbonyl (C=O) groups excluding carboxylic acids is 1. The maximum Gasteiger partial charge on any atom is 0.220 e. The number of amides is 1. The monoisotopic (exact) mass is 465 g/mol. The van der Waals surface area contributed by atoms with Crippen LogP contribution in [0.1, 0.15) is 18.5 Å². The summed E-state index contributed by atoms with van der Waals surface area (Å²) in [4.78, 5) is 20.6. The van der Waals surface area contributed by atoms with Gasteiger partial charge in [-0.25, -0.2) is 4.98 Å². The first-order valence-electron chi connectivity index (χ1n) is 8.31. The highest BCUT2D eigenvalue weighted by atomic mass is 79.9. The number of hydrogen-bond acceptors (Lipinski definition) is 5. The minimum absolute atomic E-state index is 0.0311. The number of carbonyl (C=O) groups is 1. The zero-order valence-corrected chi connectivity index (χ0v) is 17.5. The van der Waals surface area contributed by atoms with Crippen molar-refractivity contribution in [3.63, 3.8) is 0 Å². The Balaban J connectivity index is 1.38. The predicted octanol–water partition coefficient (Wildman–Crippen LogP) is 5.10. The SMILES string of the molecule is O=C(CCCOc1ccc(Br)cc1Cl)NCc1csc(-c2cccnc2)n1. The molecule has 0 aliphatic heterocycles. The van der Waals surface area contributed by atoms with Gasteiger partial charge in [-0.05, 0) is 36.8 Å². The Morgan fingerprint density at radius 3 is 3.00 bits per heavy atom. The van der Waals surface area contributed by atoms with E-state index < -0.39 is 0 Å². The van der Waals surface area contributed by atoms with E-state index in [0.717, 1.165) is 20.7 Å². The molecule has 0 aliphatic rings. The second-order valence-corrected chi connectivity index (χ2v) is 7.87. The Bertz CT molecular complexity index is 905. The summed E-state index contributed by atoms with van der Waals surface area (Å²) < 4.78 is 6.50. The number of nitrogens with zero attached hydrogens (tertiary/aromatic N) is 2. The number of hydrogen-bond donors (Lipinski definition) is 1. The molecule has 8 heteroatoms. The van der Waals surface area contributed by atoms with Gasteiger partial charge in [0.2, 0.25) is 5.91 Å². The molecule has 0 spiro atoms. The lowest BCUT2D eigenvalue weighted by Crippen LogP contribution is -2.23. The van der Waals surface area contributed by atoms with Crippen molar-refractivity contribution in [3.05, 3.63) is 63.3 Å². The van der Waals surface area contributed by atoms with E-state index >= 15 is 0 Å². The third-order valence-corrected chi connectivity index (χ3v) is 5.36. The Morgan fingerprint density at radius 1 is 1.33 bits per heavy atom. The van der Waals surface area contributed by atoms with Gasteiger partial charge in [-0.1, -0.05) is 27.5 Å². The van der Waals surface area contributed by atoms with Gasteiger partial charge < -0.3 is 10.1 Å². The molecule has 0 radical (unpaired) electrons. The van der Waals surface area contributed by atoms with E-state index in [9.17, 15) is 4.79 Å². The molecule has 0 saturated heterocycles. The summed E-state index contributed by atoms with van der Waals surface area (Å²) in [7, 11) is 0. The molecule has 140 valence electrons. The van der Waals surface area contributed by atoms with Crippen LogP contribution in [-0.4, -0.2) is 22.5 Å². The van der Waals surface area contributed by atoms with Crippen molar-refractivity contribution in [2.24, 2.45) is 0 Å². The number of halogens is 2. The van der Waals surface area contributed by atoms with Crippen molar-refractivity contribution >= 4 is 44.8 Å². The maximum absolute atomic E-state index is 12.0. The highest BCUT2D eigenvalue weighted by Crippen LogP contribution is 2.27. The summed E-state index contributed by atoms with van der Waals surface area (Å²) in [6.07, 6.45) is 4.50. The molecular weight excluding hydrogens is 450 g/mol. The second kappa shape index (κ2) is 9.82. The van der Waals surface area contributed by atoms with E-state index in [0.29, 0.717) is 36.8 Å². The molecule has 0 atom stereocenters. The van der Waals surface area contributed by atoms with E-state index in [1.54, 1.807) is 24.5 Å². The number of nitrogens with one attached hydrogen (secondary N) is 1. The van der Waals surface area contributed by atoms with Gasteiger partial charge in [-0.2, -0.15) is 0 Å². The number of ether oxygens (including phenoxy) is 1. The maximum atomic E-state index is 12.0. The molecule has 0 fully saturated rings. The average Bonchev–Trinajstić information content (AvgIpc) is 3.15. The van der Waals surface area contributed by atoms with Crippen LogP contribution in [0.2, 0.25) is 5.02 Å². The van der Waals surface area contributed by atoms with Crippen molar-refractivity contribution in [3.8, 4) is 16.3 Å². The Morgan fingerprint density at radius 2 is 2.22 bits per heavy atom. The van der Waals surface area contributed by atoms with Crippen LogP contribution >= 0.6 is 38.9 Å². The van der Waals surface area contributed by atoms with Crippen LogP contribution in [0, 0.1) is 0 Å². The fourth-order valence-electron chi connectivity index (χ4n) is 2.29. The van der Waals surface area contributed by atoms with Gasteiger partial charge in [-0.15, -0.1) is 11.3 Å². The molecule has 1 N–H and O–H groups in total. The third-order valence-electron chi connectivity index (χ3n) is 3.63. The molecule has 1 aromatic carbocycles. The number of aromatic nitrogens is 2. The highest BCUT2D eigenvalue weighted by Gasteiger charge is 2.07. The lowest BCUT2D eigenvalue weighted by Gasteiger charge is -2.08. The molecule has 3 rings (SSSR count). The topological polar surface area (TPSA) is 64.1 Å². The lowest BCUT2D eigenvalue weighted by molar-refractivity contribution is -0.121. The Hall–Kier alpha value is -1.96. The van der Waals surface area contributed by atoms with Crippen molar-refractivity contribution < 1.29 is 9.53 Å². The molecule has 2 heterocycles. The number of rotatable bonds is 8. The second-order valence-electron chi connectivity index (χ2n) is 5.69. The highest BCUT2D eigenvalue weighted by molar-refractivity contribution is 9.10. The molecule has 27 heavy (non-hydrogen) atoms. The van der Waals surface area contributed by atoms with E-state index in [-0.39, 0.29) is 5.91 Å². The van der Waals surface area contributed by atoms with Crippen LogP contribution in [0.15, 0.2) is 52.6 Å². The summed E-state index contributed by atoms with van der Waals surface area (Å²) in [6, 6.07) is 9.28.